The van der Waals surface area contributed by atoms with Crippen LogP contribution in [-0.4, -0.2) is 111 Å². The summed E-state index contributed by atoms with van der Waals surface area (Å²) in [7, 11) is 0. The third kappa shape index (κ3) is 8.24. The summed E-state index contributed by atoms with van der Waals surface area (Å²) in [6, 6.07) is -6.15. The van der Waals surface area contributed by atoms with Crippen LogP contribution in [0.4, 0.5) is 4.79 Å². The molecule has 220 valence electrons. The second-order valence-corrected chi connectivity index (χ2v) is 10.3. The number of guanidine groups is 1. The molecule has 11 N–H and O–H groups in total. The molecule has 5 amide bonds. The summed E-state index contributed by atoms with van der Waals surface area (Å²) in [6.45, 7) is 6.36. The lowest BCUT2D eigenvalue weighted by molar-refractivity contribution is -0.143. The van der Waals surface area contributed by atoms with Crippen LogP contribution in [0.25, 0.3) is 0 Å². The van der Waals surface area contributed by atoms with Gasteiger partial charge in [-0.05, 0) is 39.0 Å². The number of aliphatic hydroxyl groups excluding tert-OH is 2. The lowest BCUT2D eigenvalue weighted by Gasteiger charge is -2.36. The van der Waals surface area contributed by atoms with Gasteiger partial charge in [-0.15, -0.1) is 0 Å². The lowest BCUT2D eigenvalue weighted by Crippen LogP contribution is -2.68. The van der Waals surface area contributed by atoms with Gasteiger partial charge in [-0.1, -0.05) is 13.8 Å². The Morgan fingerprint density at radius 2 is 1.79 bits per heavy atom. The van der Waals surface area contributed by atoms with Gasteiger partial charge in [0.1, 0.15) is 18.1 Å². The fraction of sp³-hybridized carbons (Fsp3) is 0.739. The lowest BCUT2D eigenvalue weighted by atomic mass is 9.93. The molecule has 2 heterocycles. The van der Waals surface area contributed by atoms with Crippen LogP contribution in [0, 0.1) is 5.92 Å². The number of hydrogen-bond acceptors (Lipinski definition) is 10. The van der Waals surface area contributed by atoms with Gasteiger partial charge in [0.05, 0.1) is 36.9 Å². The van der Waals surface area contributed by atoms with Crippen LogP contribution in [0.15, 0.2) is 4.99 Å². The monoisotopic (exact) mass is 556 g/mol. The average molecular weight is 557 g/mol. The number of nitrogens with two attached hydrogens (primary N) is 2. The number of carboxylic acids is 1. The van der Waals surface area contributed by atoms with Gasteiger partial charge in [-0.2, -0.15) is 0 Å². The van der Waals surface area contributed by atoms with Crippen LogP contribution in [-0.2, 0) is 19.2 Å². The number of carboxylic acid groups (broad SMARTS) is 1. The highest BCUT2D eigenvalue weighted by atomic mass is 16.4. The van der Waals surface area contributed by atoms with E-state index in [1.807, 2.05) is 0 Å². The summed E-state index contributed by atoms with van der Waals surface area (Å²) < 4.78 is 0. The van der Waals surface area contributed by atoms with Crippen molar-refractivity contribution in [2.24, 2.45) is 22.4 Å². The molecule has 2 aliphatic heterocycles. The molecule has 2 rings (SSSR count). The number of nitrogens with zero attached hydrogens (tertiary/aromatic N) is 2. The van der Waals surface area contributed by atoms with E-state index < -0.39 is 72.3 Å². The molecule has 0 aromatic heterocycles. The maximum absolute atomic E-state index is 13.1. The van der Waals surface area contributed by atoms with Gasteiger partial charge in [0.25, 0.3) is 0 Å². The number of primary amides is 1. The van der Waals surface area contributed by atoms with Crippen molar-refractivity contribution in [3.05, 3.63) is 0 Å². The molecule has 1 fully saturated rings. The maximum Gasteiger partial charge on any atom is 0.326 e. The Morgan fingerprint density at radius 3 is 2.36 bits per heavy atom. The minimum atomic E-state index is -1.27. The van der Waals surface area contributed by atoms with E-state index in [9.17, 15) is 39.3 Å². The van der Waals surface area contributed by atoms with Crippen molar-refractivity contribution in [2.75, 3.05) is 6.54 Å². The molecular formula is C23H40N8O8. The van der Waals surface area contributed by atoms with Gasteiger partial charge in [0.2, 0.25) is 17.7 Å². The number of hydrogen-bond donors (Lipinski definition) is 9. The van der Waals surface area contributed by atoms with Crippen molar-refractivity contribution < 1.29 is 39.3 Å². The molecule has 0 spiro atoms. The van der Waals surface area contributed by atoms with E-state index in [2.05, 4.69) is 26.3 Å². The number of urea groups is 1. The van der Waals surface area contributed by atoms with Gasteiger partial charge in [-0.25, -0.2) is 9.59 Å². The number of nitrogens with one attached hydrogen (secondary N) is 4. The Hall–Kier alpha value is -3.50. The first-order valence-electron chi connectivity index (χ1n) is 12.8. The Labute approximate surface area is 225 Å². The van der Waals surface area contributed by atoms with Crippen molar-refractivity contribution in [3.63, 3.8) is 0 Å². The number of aliphatic imine (C=N–C) groups is 1. The Bertz CT molecular complexity index is 976. The SMILES string of the molecule is CC(NC(=O)C1NC(C)C(=O)NC1CCC(O)C(O)CC1CN=C(N)N1C(N)=O)C(=O)NC(C(=O)O)C(C)C. The average Bonchev–Trinajstić information content (AvgIpc) is 3.21. The molecule has 8 unspecified atom stereocenters. The minimum Gasteiger partial charge on any atom is -0.480 e. The number of aliphatic carboxylic acids is 1. The molecule has 2 aliphatic rings. The van der Waals surface area contributed by atoms with Crippen molar-refractivity contribution in [2.45, 2.75) is 95.4 Å². The number of piperazine rings is 1. The molecule has 1 saturated heterocycles. The van der Waals surface area contributed by atoms with E-state index in [4.69, 9.17) is 11.5 Å². The topological polar surface area (TPSA) is 262 Å². The van der Waals surface area contributed by atoms with E-state index in [0.717, 1.165) is 4.90 Å². The second kappa shape index (κ2) is 13.5. The number of rotatable bonds is 12. The molecule has 0 aromatic carbocycles. The quantitative estimate of drug-likeness (QED) is 0.115. The number of amides is 5. The van der Waals surface area contributed by atoms with Crippen LogP contribution in [0.2, 0.25) is 0 Å². The molecular weight excluding hydrogens is 516 g/mol. The molecule has 16 heteroatoms. The molecule has 0 aromatic rings. The summed E-state index contributed by atoms with van der Waals surface area (Å²) in [5.74, 6) is -3.32. The summed E-state index contributed by atoms with van der Waals surface area (Å²) in [5.41, 5.74) is 10.9. The predicted octanol–water partition coefficient (Wildman–Crippen LogP) is -3.47. The molecule has 0 radical (unpaired) electrons. The molecule has 16 nitrogen and oxygen atoms in total. The molecule has 39 heavy (non-hydrogen) atoms. The minimum absolute atomic E-state index is 0.0176. The van der Waals surface area contributed by atoms with Gasteiger partial charge in [0, 0.05) is 0 Å². The van der Waals surface area contributed by atoms with Crippen molar-refractivity contribution in [1.82, 2.24) is 26.2 Å². The Morgan fingerprint density at radius 1 is 1.15 bits per heavy atom. The normalized spacial score (nSPS) is 26.2. The molecule has 8 atom stereocenters. The van der Waals surface area contributed by atoms with E-state index in [1.165, 1.54) is 6.92 Å². The summed E-state index contributed by atoms with van der Waals surface area (Å²) in [5, 5.41) is 40.9. The van der Waals surface area contributed by atoms with Crippen molar-refractivity contribution in [3.8, 4) is 0 Å². The van der Waals surface area contributed by atoms with E-state index in [1.54, 1.807) is 20.8 Å². The number of carbonyl (C=O) groups is 5. The standard InChI is InChI=1S/C23H40N8O8/c1-9(2)16(21(37)38)30-19(35)11(4)28-20(36)17-13(29-18(34)10(3)27-17)5-6-14(32)15(33)7-12-8-26-22(24)31(12)23(25)39/h9-17,27,32-33H,5-8H2,1-4H3,(H2,24,26)(H2,25,39)(H,28,36)(H,29,34)(H,30,35)(H,37,38). The molecule has 0 bridgehead atoms. The predicted molar refractivity (Wildman–Crippen MR) is 138 cm³/mol. The second-order valence-electron chi connectivity index (χ2n) is 10.3. The van der Waals surface area contributed by atoms with Crippen molar-refractivity contribution in [1.29, 1.82) is 0 Å². The fourth-order valence-corrected chi connectivity index (χ4v) is 4.51. The molecule has 0 saturated carbocycles. The van der Waals surface area contributed by atoms with E-state index >= 15 is 0 Å². The van der Waals surface area contributed by atoms with Gasteiger partial charge in [0.15, 0.2) is 5.96 Å². The van der Waals surface area contributed by atoms with Crippen LogP contribution in [0.1, 0.15) is 47.0 Å². The van der Waals surface area contributed by atoms with Crippen LogP contribution >= 0.6 is 0 Å². The summed E-state index contributed by atoms with van der Waals surface area (Å²) in [6.07, 6.45) is -2.53. The first-order chi connectivity index (χ1) is 18.1. The smallest absolute Gasteiger partial charge is 0.326 e. The summed E-state index contributed by atoms with van der Waals surface area (Å²) in [4.78, 5) is 65.8. The highest BCUT2D eigenvalue weighted by Gasteiger charge is 2.39. The first kappa shape index (κ1) is 31.7. The number of aliphatic hydroxyl groups is 2. The highest BCUT2D eigenvalue weighted by molar-refractivity contribution is 5.96. The third-order valence-electron chi connectivity index (χ3n) is 6.86. The zero-order valence-electron chi connectivity index (χ0n) is 22.5. The fourth-order valence-electron chi connectivity index (χ4n) is 4.51. The third-order valence-corrected chi connectivity index (χ3v) is 6.86. The van der Waals surface area contributed by atoms with Gasteiger partial charge in [-0.3, -0.25) is 29.6 Å². The van der Waals surface area contributed by atoms with Crippen LogP contribution < -0.4 is 32.7 Å². The zero-order valence-corrected chi connectivity index (χ0v) is 22.5. The van der Waals surface area contributed by atoms with Crippen molar-refractivity contribution >= 4 is 35.7 Å². The Balaban J connectivity index is 1.99. The number of carbonyl (C=O) groups excluding carboxylic acids is 4. The Kier molecular flexibility index (Phi) is 11.0. The van der Waals surface area contributed by atoms with Crippen LogP contribution in [0.3, 0.4) is 0 Å². The van der Waals surface area contributed by atoms with Gasteiger partial charge >= 0.3 is 12.0 Å². The molecule has 0 aliphatic carbocycles. The van der Waals surface area contributed by atoms with Gasteiger partial charge < -0.3 is 42.7 Å². The van der Waals surface area contributed by atoms with Crippen LogP contribution in [0.5, 0.6) is 0 Å². The highest BCUT2D eigenvalue weighted by Crippen LogP contribution is 2.19. The first-order valence-corrected chi connectivity index (χ1v) is 12.8. The summed E-state index contributed by atoms with van der Waals surface area (Å²) >= 11 is 0. The van der Waals surface area contributed by atoms with E-state index in [-0.39, 0.29) is 43.6 Å². The largest absolute Gasteiger partial charge is 0.480 e. The maximum atomic E-state index is 13.1. The zero-order chi connectivity index (χ0) is 29.6. The van der Waals surface area contributed by atoms with E-state index in [0.29, 0.717) is 0 Å².